The van der Waals surface area contributed by atoms with Crippen molar-refractivity contribution in [2.45, 2.75) is 19.3 Å². The van der Waals surface area contributed by atoms with E-state index in [-0.39, 0.29) is 5.92 Å². The van der Waals surface area contributed by atoms with Crippen LogP contribution in [0, 0.1) is 12.8 Å². The van der Waals surface area contributed by atoms with Gasteiger partial charge in [-0.3, -0.25) is 4.79 Å². The molecule has 0 bridgehead atoms. The highest BCUT2D eigenvalue weighted by molar-refractivity contribution is 5.83. The van der Waals surface area contributed by atoms with Crippen molar-refractivity contribution in [3.05, 3.63) is 59.7 Å². The standard InChI is InChI=1S/C22H26N2O2/c1-16-4-3-5-18(14-16)23-10-12-24(13-11-23)22(25)21-15-20(21)17-6-8-19(26-2)9-7-17/h3-9,14,20-21H,10-13,15H2,1-2H3. The second kappa shape index (κ2) is 7.02. The molecule has 4 nitrogen and oxygen atoms in total. The van der Waals surface area contributed by atoms with Gasteiger partial charge in [0.2, 0.25) is 5.91 Å². The van der Waals surface area contributed by atoms with Gasteiger partial charge < -0.3 is 14.5 Å². The summed E-state index contributed by atoms with van der Waals surface area (Å²) in [6.07, 6.45) is 0.975. The fraction of sp³-hybridized carbons (Fsp3) is 0.409. The summed E-state index contributed by atoms with van der Waals surface area (Å²) < 4.78 is 5.21. The Morgan fingerprint density at radius 3 is 2.42 bits per heavy atom. The maximum atomic E-state index is 12.8. The molecule has 1 saturated heterocycles. The molecule has 4 rings (SSSR count). The molecule has 0 radical (unpaired) electrons. The Labute approximate surface area is 155 Å². The zero-order chi connectivity index (χ0) is 18.1. The molecule has 2 aliphatic rings. The molecule has 1 amide bonds. The number of amides is 1. The van der Waals surface area contributed by atoms with Gasteiger partial charge in [-0.25, -0.2) is 0 Å². The van der Waals surface area contributed by atoms with Gasteiger partial charge in [0.1, 0.15) is 5.75 Å². The summed E-state index contributed by atoms with van der Waals surface area (Å²) in [4.78, 5) is 17.3. The van der Waals surface area contributed by atoms with Crippen LogP contribution in [-0.4, -0.2) is 44.1 Å². The molecule has 26 heavy (non-hydrogen) atoms. The zero-order valence-electron chi connectivity index (χ0n) is 15.5. The van der Waals surface area contributed by atoms with E-state index in [2.05, 4.69) is 53.1 Å². The third kappa shape index (κ3) is 3.41. The van der Waals surface area contributed by atoms with Crippen molar-refractivity contribution < 1.29 is 9.53 Å². The Morgan fingerprint density at radius 2 is 1.77 bits per heavy atom. The summed E-state index contributed by atoms with van der Waals surface area (Å²) in [5.74, 6) is 1.73. The zero-order valence-corrected chi connectivity index (χ0v) is 15.5. The number of anilines is 1. The van der Waals surface area contributed by atoms with E-state index in [1.165, 1.54) is 16.8 Å². The molecule has 2 atom stereocenters. The molecule has 2 fully saturated rings. The Kier molecular flexibility index (Phi) is 4.58. The number of hydrogen-bond acceptors (Lipinski definition) is 3. The van der Waals surface area contributed by atoms with Crippen molar-refractivity contribution in [2.24, 2.45) is 5.92 Å². The molecule has 0 aromatic heterocycles. The van der Waals surface area contributed by atoms with E-state index in [9.17, 15) is 4.79 Å². The lowest BCUT2D eigenvalue weighted by Crippen LogP contribution is -2.49. The number of piperazine rings is 1. The predicted octanol–water partition coefficient (Wildman–Crippen LogP) is 3.46. The lowest BCUT2D eigenvalue weighted by atomic mass is 10.1. The average molecular weight is 350 g/mol. The van der Waals surface area contributed by atoms with Crippen molar-refractivity contribution in [1.29, 1.82) is 0 Å². The number of carbonyl (C=O) groups excluding carboxylic acids is 1. The fourth-order valence-corrected chi connectivity index (χ4v) is 3.93. The van der Waals surface area contributed by atoms with E-state index < -0.39 is 0 Å². The Bertz CT molecular complexity index is 779. The highest BCUT2D eigenvalue weighted by Crippen LogP contribution is 2.48. The number of hydrogen-bond donors (Lipinski definition) is 0. The third-order valence-corrected chi connectivity index (χ3v) is 5.61. The van der Waals surface area contributed by atoms with Gasteiger partial charge in [0, 0.05) is 37.8 Å². The molecule has 2 unspecified atom stereocenters. The number of nitrogens with zero attached hydrogens (tertiary/aromatic N) is 2. The number of carbonyl (C=O) groups is 1. The van der Waals surface area contributed by atoms with Gasteiger partial charge in [-0.2, -0.15) is 0 Å². The number of ether oxygens (including phenoxy) is 1. The molecule has 4 heteroatoms. The molecular formula is C22H26N2O2. The van der Waals surface area contributed by atoms with Crippen LogP contribution in [0.3, 0.4) is 0 Å². The summed E-state index contributed by atoms with van der Waals surface area (Å²) in [6.45, 7) is 5.58. The number of rotatable bonds is 4. The van der Waals surface area contributed by atoms with Gasteiger partial charge in [0.05, 0.1) is 7.11 Å². The van der Waals surface area contributed by atoms with Crippen molar-refractivity contribution in [3.63, 3.8) is 0 Å². The van der Waals surface area contributed by atoms with E-state index >= 15 is 0 Å². The molecule has 2 aromatic carbocycles. The molecule has 1 saturated carbocycles. The van der Waals surface area contributed by atoms with Gasteiger partial charge in [-0.05, 0) is 54.7 Å². The summed E-state index contributed by atoms with van der Waals surface area (Å²) in [7, 11) is 1.68. The Balaban J connectivity index is 1.33. The van der Waals surface area contributed by atoms with Crippen LogP contribution in [0.5, 0.6) is 5.75 Å². The first-order valence-electron chi connectivity index (χ1n) is 9.40. The topological polar surface area (TPSA) is 32.8 Å². The minimum atomic E-state index is 0.161. The SMILES string of the molecule is COc1ccc(C2CC2C(=O)N2CCN(c3cccc(C)c3)CC2)cc1. The van der Waals surface area contributed by atoms with Gasteiger partial charge in [-0.15, -0.1) is 0 Å². The van der Waals surface area contributed by atoms with Crippen LogP contribution in [0.25, 0.3) is 0 Å². The second-order valence-corrected chi connectivity index (χ2v) is 7.37. The van der Waals surface area contributed by atoms with E-state index in [0.29, 0.717) is 11.8 Å². The van der Waals surface area contributed by atoms with E-state index in [1.807, 2.05) is 12.1 Å². The van der Waals surface area contributed by atoms with Crippen molar-refractivity contribution in [2.75, 3.05) is 38.2 Å². The third-order valence-electron chi connectivity index (χ3n) is 5.61. The smallest absolute Gasteiger partial charge is 0.226 e. The normalized spacial score (nSPS) is 22.2. The first-order chi connectivity index (χ1) is 12.7. The molecule has 136 valence electrons. The first-order valence-corrected chi connectivity index (χ1v) is 9.40. The van der Waals surface area contributed by atoms with Crippen molar-refractivity contribution in [3.8, 4) is 5.75 Å². The molecule has 1 heterocycles. The van der Waals surface area contributed by atoms with E-state index in [1.54, 1.807) is 7.11 Å². The molecular weight excluding hydrogens is 324 g/mol. The average Bonchev–Trinajstić information content (AvgIpc) is 3.48. The van der Waals surface area contributed by atoms with Crippen molar-refractivity contribution >= 4 is 11.6 Å². The second-order valence-electron chi connectivity index (χ2n) is 7.37. The lowest BCUT2D eigenvalue weighted by molar-refractivity contribution is -0.132. The maximum Gasteiger partial charge on any atom is 0.226 e. The molecule has 0 N–H and O–H groups in total. The molecule has 0 spiro atoms. The highest BCUT2D eigenvalue weighted by atomic mass is 16.5. The van der Waals surface area contributed by atoms with Crippen LogP contribution in [0.4, 0.5) is 5.69 Å². The minimum absolute atomic E-state index is 0.161. The molecule has 1 aliphatic carbocycles. The van der Waals surface area contributed by atoms with Crippen LogP contribution in [0.1, 0.15) is 23.5 Å². The number of methoxy groups -OCH3 is 1. The van der Waals surface area contributed by atoms with Gasteiger partial charge in [0.25, 0.3) is 0 Å². The fourth-order valence-electron chi connectivity index (χ4n) is 3.93. The summed E-state index contributed by atoms with van der Waals surface area (Å²) >= 11 is 0. The van der Waals surface area contributed by atoms with Crippen LogP contribution in [0.15, 0.2) is 48.5 Å². The van der Waals surface area contributed by atoms with Gasteiger partial charge in [-0.1, -0.05) is 24.3 Å². The Morgan fingerprint density at radius 1 is 1.04 bits per heavy atom. The first kappa shape index (κ1) is 17.0. The summed E-state index contributed by atoms with van der Waals surface area (Å²) in [5.41, 5.74) is 3.79. The monoisotopic (exact) mass is 350 g/mol. The van der Waals surface area contributed by atoms with Crippen molar-refractivity contribution in [1.82, 2.24) is 4.90 Å². The summed E-state index contributed by atoms with van der Waals surface area (Å²) in [5, 5.41) is 0. The predicted molar refractivity (Wildman–Crippen MR) is 104 cm³/mol. The minimum Gasteiger partial charge on any atom is -0.497 e. The molecule has 2 aromatic rings. The van der Waals surface area contributed by atoms with E-state index in [4.69, 9.17) is 4.74 Å². The van der Waals surface area contributed by atoms with Crippen LogP contribution >= 0.6 is 0 Å². The number of aryl methyl sites for hydroxylation is 1. The number of benzene rings is 2. The lowest BCUT2D eigenvalue weighted by Gasteiger charge is -2.36. The molecule has 1 aliphatic heterocycles. The highest BCUT2D eigenvalue weighted by Gasteiger charge is 2.46. The Hall–Kier alpha value is -2.49. The van der Waals surface area contributed by atoms with E-state index in [0.717, 1.165) is 38.3 Å². The van der Waals surface area contributed by atoms with Crippen LogP contribution in [-0.2, 0) is 4.79 Å². The largest absolute Gasteiger partial charge is 0.497 e. The van der Waals surface area contributed by atoms with Gasteiger partial charge in [0.15, 0.2) is 0 Å². The maximum absolute atomic E-state index is 12.8. The van der Waals surface area contributed by atoms with Crippen LogP contribution < -0.4 is 9.64 Å². The quantitative estimate of drug-likeness (QED) is 0.847. The van der Waals surface area contributed by atoms with Crippen LogP contribution in [0.2, 0.25) is 0 Å². The summed E-state index contributed by atoms with van der Waals surface area (Å²) in [6, 6.07) is 16.7. The van der Waals surface area contributed by atoms with Gasteiger partial charge >= 0.3 is 0 Å².